The van der Waals surface area contributed by atoms with Crippen LogP contribution in [0.4, 0.5) is 13.2 Å². The first-order valence-corrected chi connectivity index (χ1v) is 9.93. The van der Waals surface area contributed by atoms with Gasteiger partial charge in [-0.05, 0) is 26.0 Å². The van der Waals surface area contributed by atoms with E-state index in [0.29, 0.717) is 5.69 Å². The molecule has 1 amide bonds. The first kappa shape index (κ1) is 20.0. The molecule has 2 N–H and O–H groups in total. The molecule has 0 unspecified atom stereocenters. The molecule has 1 aliphatic heterocycles. The Kier molecular flexibility index (Phi) is 4.50. The number of alkyl halides is 2. The highest BCUT2D eigenvalue weighted by Crippen LogP contribution is 2.37. The fraction of sp³-hybridized carbons (Fsp3) is 0.333. The molecule has 172 valence electrons. The minimum atomic E-state index is -3.18. The van der Waals surface area contributed by atoms with E-state index >= 15 is 0 Å². The maximum absolute atomic E-state index is 13.7. The first-order valence-electron chi connectivity index (χ1n) is 10.4. The lowest BCUT2D eigenvalue weighted by Crippen LogP contribution is -2.41. The standard InChI is InChI=1S/C21H18F3N5O4/c1-21(2,31)20-28-14(17(23)24)16(33-20)19(30)29-6-5-10-13(26-8-25-10)15(29)18-27-11-7-9(22)3-4-12(11)32-18/h3-4,7-8,15,17,31H,5-6H2,1-2H3,(H,25,26)/t15-/m0/s1/i15D. The number of benzene rings is 1. The topological polar surface area (TPSA) is 121 Å². The number of H-pyrrole nitrogens is 1. The minimum absolute atomic E-state index is 0.109. The fourth-order valence-corrected chi connectivity index (χ4v) is 3.63. The zero-order valence-corrected chi connectivity index (χ0v) is 17.4. The van der Waals surface area contributed by atoms with Crippen LogP contribution in [0.15, 0.2) is 33.4 Å². The lowest BCUT2D eigenvalue weighted by atomic mass is 10.0. The average Bonchev–Trinajstić information content (AvgIpc) is 3.50. The van der Waals surface area contributed by atoms with E-state index in [9.17, 15) is 24.4 Å². The molecule has 0 saturated heterocycles. The SMILES string of the molecule is [2H][C@@]1(c2nc3cc(F)ccc3o2)c2[nH]cnc2CCN1C(=O)c1oc(C(C)(C)O)nc1C(F)F. The second-order valence-corrected chi connectivity index (χ2v) is 8.00. The number of aromatic nitrogens is 4. The molecule has 1 aromatic carbocycles. The lowest BCUT2D eigenvalue weighted by Gasteiger charge is -2.32. The van der Waals surface area contributed by atoms with Gasteiger partial charge in [0.15, 0.2) is 17.3 Å². The lowest BCUT2D eigenvalue weighted by molar-refractivity contribution is 0.0436. The molecule has 12 heteroatoms. The number of imidazole rings is 1. The van der Waals surface area contributed by atoms with Crippen LogP contribution in [-0.2, 0) is 12.0 Å². The maximum atomic E-state index is 13.7. The zero-order valence-electron chi connectivity index (χ0n) is 18.4. The van der Waals surface area contributed by atoms with E-state index in [1.54, 1.807) is 0 Å². The molecule has 9 nitrogen and oxygen atoms in total. The van der Waals surface area contributed by atoms with Gasteiger partial charge in [-0.1, -0.05) is 0 Å². The highest BCUT2D eigenvalue weighted by molar-refractivity contribution is 5.93. The Balaban J connectivity index is 1.67. The summed E-state index contributed by atoms with van der Waals surface area (Å²) >= 11 is 0. The van der Waals surface area contributed by atoms with Crippen LogP contribution >= 0.6 is 0 Å². The zero-order chi connectivity index (χ0) is 24.4. The van der Waals surface area contributed by atoms with E-state index in [1.807, 2.05) is 0 Å². The number of carbonyl (C=O) groups is 1. The summed E-state index contributed by atoms with van der Waals surface area (Å²) in [6.45, 7) is 2.42. The molecule has 0 fully saturated rings. The van der Waals surface area contributed by atoms with Gasteiger partial charge in [0.2, 0.25) is 17.5 Å². The molecule has 0 bridgehead atoms. The van der Waals surface area contributed by atoms with Crippen LogP contribution in [0, 0.1) is 5.82 Å². The van der Waals surface area contributed by atoms with Gasteiger partial charge in [0.05, 0.1) is 19.1 Å². The molecule has 5 rings (SSSR count). The molecular formula is C21H18F3N5O4. The van der Waals surface area contributed by atoms with E-state index in [-0.39, 0.29) is 35.6 Å². The van der Waals surface area contributed by atoms with Crippen LogP contribution in [0.5, 0.6) is 0 Å². The maximum Gasteiger partial charge on any atom is 0.292 e. The van der Waals surface area contributed by atoms with Gasteiger partial charge in [0.25, 0.3) is 12.3 Å². The van der Waals surface area contributed by atoms with Crippen LogP contribution in [0.25, 0.3) is 11.1 Å². The number of oxazole rings is 2. The van der Waals surface area contributed by atoms with Crippen molar-refractivity contribution in [1.29, 1.82) is 0 Å². The number of nitrogens with zero attached hydrogens (tertiary/aromatic N) is 4. The summed E-state index contributed by atoms with van der Waals surface area (Å²) in [6, 6.07) is 1.42. The summed E-state index contributed by atoms with van der Waals surface area (Å²) in [5, 5.41) is 10.2. The van der Waals surface area contributed by atoms with Gasteiger partial charge in [0.1, 0.15) is 16.9 Å². The van der Waals surface area contributed by atoms with Crippen LogP contribution < -0.4 is 0 Å². The molecule has 1 atom stereocenters. The van der Waals surface area contributed by atoms with Crippen LogP contribution in [0.1, 0.15) is 67.1 Å². The first-order chi connectivity index (χ1) is 16.0. The molecule has 4 heterocycles. The van der Waals surface area contributed by atoms with Crippen molar-refractivity contribution in [2.45, 2.75) is 38.3 Å². The second kappa shape index (κ2) is 7.44. The van der Waals surface area contributed by atoms with E-state index in [1.165, 1.54) is 26.2 Å². The molecule has 3 aromatic heterocycles. The quantitative estimate of drug-likeness (QED) is 0.475. The van der Waals surface area contributed by atoms with E-state index < -0.39 is 47.1 Å². The summed E-state index contributed by atoms with van der Waals surface area (Å²) in [4.78, 5) is 29.3. The van der Waals surface area contributed by atoms with Gasteiger partial charge in [-0.3, -0.25) is 4.79 Å². The van der Waals surface area contributed by atoms with Crippen LogP contribution in [0.2, 0.25) is 0 Å². The third-order valence-corrected chi connectivity index (χ3v) is 5.17. The third-order valence-electron chi connectivity index (χ3n) is 5.17. The summed E-state index contributed by atoms with van der Waals surface area (Å²) < 4.78 is 61.4. The Bertz CT molecular complexity index is 1410. The number of halogens is 3. The number of aliphatic hydroxyl groups is 1. The number of hydrogen-bond donors (Lipinski definition) is 2. The number of fused-ring (bicyclic) bond motifs is 2. The summed E-state index contributed by atoms with van der Waals surface area (Å²) in [5.41, 5.74) is -1.82. The predicted molar refractivity (Wildman–Crippen MR) is 106 cm³/mol. The largest absolute Gasteiger partial charge is 0.438 e. The second-order valence-electron chi connectivity index (χ2n) is 8.00. The molecule has 0 saturated carbocycles. The number of carbonyl (C=O) groups excluding carboxylic acids is 1. The van der Waals surface area contributed by atoms with E-state index in [4.69, 9.17) is 8.83 Å². The monoisotopic (exact) mass is 462 g/mol. The van der Waals surface area contributed by atoms with Gasteiger partial charge in [-0.15, -0.1) is 0 Å². The van der Waals surface area contributed by atoms with Crippen molar-refractivity contribution in [3.8, 4) is 0 Å². The van der Waals surface area contributed by atoms with Crippen molar-refractivity contribution >= 4 is 17.0 Å². The van der Waals surface area contributed by atoms with E-state index in [2.05, 4.69) is 19.9 Å². The van der Waals surface area contributed by atoms with Crippen molar-refractivity contribution in [3.63, 3.8) is 0 Å². The van der Waals surface area contributed by atoms with Gasteiger partial charge in [-0.2, -0.15) is 0 Å². The Morgan fingerprint density at radius 1 is 1.36 bits per heavy atom. The molecule has 0 spiro atoms. The molecule has 33 heavy (non-hydrogen) atoms. The normalized spacial score (nSPS) is 19.2. The highest BCUT2D eigenvalue weighted by Gasteiger charge is 2.41. The van der Waals surface area contributed by atoms with E-state index in [0.717, 1.165) is 17.0 Å². The van der Waals surface area contributed by atoms with Crippen molar-refractivity contribution in [2.75, 3.05) is 6.54 Å². The Labute approximate surface area is 185 Å². The summed E-state index contributed by atoms with van der Waals surface area (Å²) in [5.74, 6) is -3.24. The van der Waals surface area contributed by atoms with Crippen molar-refractivity contribution < 1.29 is 33.3 Å². The number of rotatable bonds is 4. The van der Waals surface area contributed by atoms with Gasteiger partial charge in [-0.25, -0.2) is 28.1 Å². The molecule has 4 aromatic rings. The number of aromatic amines is 1. The Morgan fingerprint density at radius 3 is 2.88 bits per heavy atom. The van der Waals surface area contributed by atoms with Crippen LogP contribution in [-0.4, -0.2) is 42.4 Å². The average molecular weight is 462 g/mol. The van der Waals surface area contributed by atoms with Crippen molar-refractivity contribution in [2.24, 2.45) is 0 Å². The predicted octanol–water partition coefficient (Wildman–Crippen LogP) is 3.63. The Hall–Kier alpha value is -3.67. The summed E-state index contributed by atoms with van der Waals surface area (Å²) in [6.07, 6.45) is -1.65. The molecular weight excluding hydrogens is 443 g/mol. The summed E-state index contributed by atoms with van der Waals surface area (Å²) in [7, 11) is 0. The van der Waals surface area contributed by atoms with Crippen molar-refractivity contribution in [1.82, 2.24) is 24.8 Å². The highest BCUT2D eigenvalue weighted by atomic mass is 19.3. The number of hydrogen-bond acceptors (Lipinski definition) is 7. The number of nitrogens with one attached hydrogen (secondary N) is 1. The minimum Gasteiger partial charge on any atom is -0.438 e. The van der Waals surface area contributed by atoms with Crippen LogP contribution in [0.3, 0.4) is 0 Å². The van der Waals surface area contributed by atoms with Gasteiger partial charge < -0.3 is 23.8 Å². The molecule has 0 aliphatic carbocycles. The van der Waals surface area contributed by atoms with Crippen molar-refractivity contribution in [3.05, 3.63) is 65.0 Å². The fourth-order valence-electron chi connectivity index (χ4n) is 3.63. The van der Waals surface area contributed by atoms with Gasteiger partial charge in [0, 0.05) is 19.0 Å². The smallest absolute Gasteiger partial charge is 0.292 e. The molecule has 1 aliphatic rings. The molecule has 0 radical (unpaired) electrons. The number of amides is 1. The van der Waals surface area contributed by atoms with Gasteiger partial charge >= 0.3 is 0 Å². The Morgan fingerprint density at radius 2 is 2.15 bits per heavy atom. The third kappa shape index (κ3) is 3.55.